The highest BCUT2D eigenvalue weighted by Crippen LogP contribution is 2.44. The molecule has 0 radical (unpaired) electrons. The zero-order valence-electron chi connectivity index (χ0n) is 30.1. The Bertz CT molecular complexity index is 2160. The fraction of sp³-hybridized carbons (Fsp3) is 0.222. The van der Waals surface area contributed by atoms with E-state index in [2.05, 4.69) is 155 Å². The third-order valence-electron chi connectivity index (χ3n) is 8.83. The van der Waals surface area contributed by atoms with Crippen LogP contribution in [0.3, 0.4) is 0 Å². The second-order valence-corrected chi connectivity index (χ2v) is 14.4. The largest absolute Gasteiger partial charge is 0.485 e. The minimum absolute atomic E-state index is 0.114. The van der Waals surface area contributed by atoms with Crippen molar-refractivity contribution in [2.45, 2.75) is 66.4 Å². The smallest absolute Gasteiger partial charge is 0.151 e. The predicted octanol–water partition coefficient (Wildman–Crippen LogP) is 12.5. The summed E-state index contributed by atoms with van der Waals surface area (Å²) in [4.78, 5) is 4.82. The van der Waals surface area contributed by atoms with Gasteiger partial charge < -0.3 is 13.9 Å². The van der Waals surface area contributed by atoms with Gasteiger partial charge in [-0.05, 0) is 106 Å². The first-order valence-corrected chi connectivity index (χ1v) is 17.0. The van der Waals surface area contributed by atoms with E-state index in [1.54, 1.807) is 0 Å². The lowest BCUT2D eigenvalue weighted by Crippen LogP contribution is -2.25. The summed E-state index contributed by atoms with van der Waals surface area (Å²) in [6, 6.07) is 26.1. The molecule has 0 saturated carbocycles. The van der Waals surface area contributed by atoms with Crippen LogP contribution in [0.5, 0.6) is 5.75 Å². The molecule has 0 atom stereocenters. The van der Waals surface area contributed by atoms with Gasteiger partial charge in [0.05, 0.1) is 33.6 Å². The fourth-order valence-corrected chi connectivity index (χ4v) is 6.67. The van der Waals surface area contributed by atoms with Crippen molar-refractivity contribution in [3.05, 3.63) is 132 Å². The molecule has 248 valence electrons. The predicted molar refractivity (Wildman–Crippen MR) is 212 cm³/mol. The zero-order valence-corrected chi connectivity index (χ0v) is 30.1. The Labute approximate surface area is 291 Å². The molecule has 4 heteroatoms. The Hall–Kier alpha value is -5.35. The Morgan fingerprint density at radius 3 is 1.90 bits per heavy atom. The molecule has 3 aromatic heterocycles. The summed E-state index contributed by atoms with van der Waals surface area (Å²) in [6.07, 6.45) is 14.1. The molecule has 0 aliphatic heterocycles. The maximum absolute atomic E-state index is 6.99. The van der Waals surface area contributed by atoms with Gasteiger partial charge in [-0.1, -0.05) is 88.6 Å². The number of rotatable bonds is 8. The quantitative estimate of drug-likeness (QED) is 0.165. The van der Waals surface area contributed by atoms with Crippen molar-refractivity contribution < 1.29 is 4.74 Å². The number of allylic oxidation sites excluding steroid dienone is 2. The molecule has 3 heterocycles. The molecular formula is C45H47N3O. The standard InChI is InChI=1S/C45H47N3O/c1-11-18-37-33(13-3)34(14-4)38(19-12-2)47(37)32-25-23-30(24-26-32)36-28-31(44(5,6)7)29-41(43(36)49-45(8,9)10)48-39-21-16-15-20-35(39)42-40(48)22-17-27-46-42/h11-29H,3-4H2,1-2,5-10H3/b18-11-,19-12-. The van der Waals surface area contributed by atoms with Gasteiger partial charge in [0, 0.05) is 34.0 Å². The second-order valence-electron chi connectivity index (χ2n) is 14.4. The molecule has 0 aliphatic carbocycles. The van der Waals surface area contributed by atoms with E-state index < -0.39 is 5.60 Å². The summed E-state index contributed by atoms with van der Waals surface area (Å²) in [5.41, 5.74) is 12.2. The van der Waals surface area contributed by atoms with Gasteiger partial charge in [-0.3, -0.25) is 4.98 Å². The lowest BCUT2D eigenvalue weighted by molar-refractivity contribution is 0.131. The van der Waals surface area contributed by atoms with Crippen LogP contribution < -0.4 is 4.74 Å². The van der Waals surface area contributed by atoms with Gasteiger partial charge in [-0.2, -0.15) is 0 Å². The molecule has 0 aliphatic rings. The maximum atomic E-state index is 6.99. The number of fused-ring (bicyclic) bond motifs is 3. The van der Waals surface area contributed by atoms with E-state index in [1.807, 2.05) is 38.3 Å². The number of ether oxygens (including phenoxy) is 1. The molecule has 6 rings (SSSR count). The van der Waals surface area contributed by atoms with E-state index in [1.165, 1.54) is 5.56 Å². The first-order valence-electron chi connectivity index (χ1n) is 17.0. The number of para-hydroxylation sites is 1. The van der Waals surface area contributed by atoms with Crippen molar-refractivity contribution in [1.82, 2.24) is 14.1 Å². The number of hydrogen-bond acceptors (Lipinski definition) is 2. The molecule has 3 aromatic carbocycles. The zero-order chi connectivity index (χ0) is 35.1. The number of nitrogens with zero attached hydrogens (tertiary/aromatic N) is 3. The Kier molecular flexibility index (Phi) is 8.85. The summed E-state index contributed by atoms with van der Waals surface area (Å²) in [5, 5.41) is 1.12. The molecule has 0 saturated heterocycles. The molecule has 0 N–H and O–H groups in total. The van der Waals surface area contributed by atoms with Crippen LogP contribution in [0.15, 0.2) is 104 Å². The molecule has 0 fully saturated rings. The van der Waals surface area contributed by atoms with E-state index in [0.29, 0.717) is 0 Å². The van der Waals surface area contributed by atoms with Crippen LogP contribution >= 0.6 is 0 Å². The summed E-state index contributed by atoms with van der Waals surface area (Å²) in [7, 11) is 0. The third-order valence-corrected chi connectivity index (χ3v) is 8.83. The van der Waals surface area contributed by atoms with Crippen molar-refractivity contribution in [3.8, 4) is 28.3 Å². The molecule has 0 spiro atoms. The first-order chi connectivity index (χ1) is 23.4. The minimum atomic E-state index is -0.445. The first kappa shape index (κ1) is 33.5. The number of pyridine rings is 1. The number of aromatic nitrogens is 3. The topological polar surface area (TPSA) is 32.0 Å². The number of hydrogen-bond donors (Lipinski definition) is 0. The number of benzene rings is 3. The highest BCUT2D eigenvalue weighted by atomic mass is 16.5. The fourth-order valence-electron chi connectivity index (χ4n) is 6.67. The van der Waals surface area contributed by atoms with Crippen molar-refractivity contribution in [3.63, 3.8) is 0 Å². The molecule has 0 amide bonds. The van der Waals surface area contributed by atoms with E-state index in [-0.39, 0.29) is 5.41 Å². The van der Waals surface area contributed by atoms with Crippen LogP contribution in [-0.2, 0) is 5.41 Å². The van der Waals surface area contributed by atoms with E-state index in [0.717, 1.165) is 72.7 Å². The lowest BCUT2D eigenvalue weighted by atomic mass is 9.84. The van der Waals surface area contributed by atoms with E-state index >= 15 is 0 Å². The van der Waals surface area contributed by atoms with Gasteiger partial charge in [0.15, 0.2) is 5.75 Å². The normalized spacial score (nSPS) is 12.5. The van der Waals surface area contributed by atoms with Gasteiger partial charge in [-0.15, -0.1) is 0 Å². The summed E-state index contributed by atoms with van der Waals surface area (Å²) >= 11 is 0. The van der Waals surface area contributed by atoms with Crippen molar-refractivity contribution in [1.29, 1.82) is 0 Å². The van der Waals surface area contributed by atoms with Gasteiger partial charge in [0.2, 0.25) is 0 Å². The van der Waals surface area contributed by atoms with Gasteiger partial charge in [0.1, 0.15) is 5.60 Å². The van der Waals surface area contributed by atoms with Crippen LogP contribution in [0.1, 0.15) is 83.5 Å². The Balaban J connectivity index is 1.66. The molecule has 6 aromatic rings. The van der Waals surface area contributed by atoms with Gasteiger partial charge in [-0.25, -0.2) is 0 Å². The average Bonchev–Trinajstić information content (AvgIpc) is 3.56. The lowest BCUT2D eigenvalue weighted by Gasteiger charge is -2.29. The summed E-state index contributed by atoms with van der Waals surface area (Å²) in [5.74, 6) is 0.841. The highest BCUT2D eigenvalue weighted by molar-refractivity contribution is 6.07. The van der Waals surface area contributed by atoms with Crippen LogP contribution in [-0.4, -0.2) is 19.7 Å². The highest BCUT2D eigenvalue weighted by Gasteiger charge is 2.27. The Morgan fingerprint density at radius 1 is 0.714 bits per heavy atom. The van der Waals surface area contributed by atoms with E-state index in [9.17, 15) is 0 Å². The van der Waals surface area contributed by atoms with Gasteiger partial charge >= 0.3 is 0 Å². The third kappa shape index (κ3) is 6.08. The van der Waals surface area contributed by atoms with Crippen molar-refractivity contribution >= 4 is 46.2 Å². The summed E-state index contributed by atoms with van der Waals surface area (Å²) in [6.45, 7) is 25.5. The van der Waals surface area contributed by atoms with E-state index in [4.69, 9.17) is 9.72 Å². The average molecular weight is 646 g/mol. The molecule has 0 bridgehead atoms. The van der Waals surface area contributed by atoms with Gasteiger partial charge in [0.25, 0.3) is 0 Å². The van der Waals surface area contributed by atoms with Crippen LogP contribution in [0.2, 0.25) is 0 Å². The Morgan fingerprint density at radius 2 is 1.33 bits per heavy atom. The molecular weight excluding hydrogens is 599 g/mol. The van der Waals surface area contributed by atoms with Crippen LogP contribution in [0, 0.1) is 0 Å². The molecule has 0 unspecified atom stereocenters. The van der Waals surface area contributed by atoms with Crippen LogP contribution in [0.4, 0.5) is 0 Å². The summed E-state index contributed by atoms with van der Waals surface area (Å²) < 4.78 is 11.6. The van der Waals surface area contributed by atoms with Crippen molar-refractivity contribution in [2.24, 2.45) is 0 Å². The minimum Gasteiger partial charge on any atom is -0.485 e. The van der Waals surface area contributed by atoms with Crippen molar-refractivity contribution in [2.75, 3.05) is 0 Å². The second kappa shape index (κ2) is 12.9. The maximum Gasteiger partial charge on any atom is 0.151 e. The molecule has 4 nitrogen and oxygen atoms in total. The monoisotopic (exact) mass is 645 g/mol. The molecule has 49 heavy (non-hydrogen) atoms. The SMILES string of the molecule is C=Cc1c(C=C)c(/C=C\C)n(-c2ccc(-c3cc(C(C)(C)C)cc(-n4c5ccccc5c5ncccc54)c3OC(C)(C)C)cc2)c1/C=C\C. The van der Waals surface area contributed by atoms with Crippen LogP contribution in [0.25, 0.3) is 68.7 Å².